The van der Waals surface area contributed by atoms with Gasteiger partial charge in [0.1, 0.15) is 0 Å². The van der Waals surface area contributed by atoms with E-state index < -0.39 is 5.97 Å². The monoisotopic (exact) mass is 430 g/mol. The Balaban J connectivity index is 0.000000668. The summed E-state index contributed by atoms with van der Waals surface area (Å²) in [6.45, 7) is 7.75. The first-order chi connectivity index (χ1) is 15.3. The first-order valence-corrected chi connectivity index (χ1v) is 10.3. The normalized spacial score (nSPS) is 11.3. The van der Waals surface area contributed by atoms with Gasteiger partial charge in [0.15, 0.2) is 5.78 Å². The number of hydrogen-bond acceptors (Lipinski definition) is 4. The third kappa shape index (κ3) is 4.39. The van der Waals surface area contributed by atoms with E-state index in [2.05, 4.69) is 16.6 Å². The van der Waals surface area contributed by atoms with Crippen LogP contribution in [0.4, 0.5) is 0 Å². The molecule has 0 unspecified atom stereocenters. The molecule has 3 aromatic carbocycles. The third-order valence-corrected chi connectivity index (χ3v) is 5.40. The molecule has 164 valence electrons. The Morgan fingerprint density at radius 2 is 1.44 bits per heavy atom. The highest BCUT2D eigenvalue weighted by Crippen LogP contribution is 2.31. The molecule has 6 heteroatoms. The molecule has 4 rings (SSSR count). The molecular formula is C26H26N2O4. The molecule has 0 spiro atoms. The van der Waals surface area contributed by atoms with Crippen LogP contribution in [0.15, 0.2) is 65.8 Å². The van der Waals surface area contributed by atoms with Crippen molar-refractivity contribution in [3.63, 3.8) is 0 Å². The second kappa shape index (κ2) is 9.47. The van der Waals surface area contributed by atoms with E-state index in [1.165, 1.54) is 0 Å². The number of benzene rings is 3. The van der Waals surface area contributed by atoms with Crippen molar-refractivity contribution in [3.05, 3.63) is 82.9 Å². The Morgan fingerprint density at radius 3 is 1.97 bits per heavy atom. The highest BCUT2D eigenvalue weighted by molar-refractivity contribution is 6.16. The van der Waals surface area contributed by atoms with Crippen molar-refractivity contribution in [2.24, 2.45) is 5.16 Å². The van der Waals surface area contributed by atoms with E-state index in [9.17, 15) is 4.79 Å². The number of aromatic nitrogens is 1. The molecule has 0 saturated carbocycles. The number of fused-ring (bicyclic) bond motifs is 3. The molecule has 4 aromatic rings. The van der Waals surface area contributed by atoms with Gasteiger partial charge in [-0.15, -0.1) is 0 Å². The summed E-state index contributed by atoms with van der Waals surface area (Å²) in [7, 11) is 0. The van der Waals surface area contributed by atoms with Crippen LogP contribution < -0.4 is 0 Å². The van der Waals surface area contributed by atoms with Crippen molar-refractivity contribution in [2.75, 3.05) is 0 Å². The highest BCUT2D eigenvalue weighted by atomic mass is 16.4. The molecular weight excluding hydrogens is 404 g/mol. The number of ketones is 1. The van der Waals surface area contributed by atoms with Crippen molar-refractivity contribution < 1.29 is 19.9 Å². The lowest BCUT2D eigenvalue weighted by Crippen LogP contribution is -2.03. The van der Waals surface area contributed by atoms with Gasteiger partial charge in [-0.3, -0.25) is 9.59 Å². The zero-order valence-corrected chi connectivity index (χ0v) is 18.6. The minimum absolute atomic E-state index is 0.0293. The highest BCUT2D eigenvalue weighted by Gasteiger charge is 2.16. The van der Waals surface area contributed by atoms with Gasteiger partial charge in [-0.2, -0.15) is 0 Å². The smallest absolute Gasteiger partial charge is 0.300 e. The van der Waals surface area contributed by atoms with Crippen LogP contribution in [0.5, 0.6) is 0 Å². The maximum absolute atomic E-state index is 13.1. The summed E-state index contributed by atoms with van der Waals surface area (Å²) in [6.07, 6.45) is 0. The van der Waals surface area contributed by atoms with Crippen LogP contribution in [-0.2, 0) is 11.3 Å². The van der Waals surface area contributed by atoms with Gasteiger partial charge in [-0.1, -0.05) is 35.5 Å². The summed E-state index contributed by atoms with van der Waals surface area (Å²) < 4.78 is 2.24. The maximum atomic E-state index is 13.1. The van der Waals surface area contributed by atoms with Crippen LogP contribution in [0.2, 0.25) is 0 Å². The van der Waals surface area contributed by atoms with Crippen LogP contribution in [0, 0.1) is 6.92 Å². The molecule has 1 aromatic heterocycles. The summed E-state index contributed by atoms with van der Waals surface area (Å²) in [5.74, 6) is -0.804. The third-order valence-electron chi connectivity index (χ3n) is 5.40. The number of carboxylic acids is 1. The van der Waals surface area contributed by atoms with E-state index >= 15 is 0 Å². The van der Waals surface area contributed by atoms with Crippen molar-refractivity contribution in [1.82, 2.24) is 4.57 Å². The van der Waals surface area contributed by atoms with Crippen LogP contribution in [0.1, 0.15) is 47.8 Å². The summed E-state index contributed by atoms with van der Waals surface area (Å²) in [6, 6.07) is 19.6. The SMILES string of the molecule is CC(=O)O.CCn1c2ccc(C(=O)c3ccccc3C)cc2c2cc(/C(C)=N/O)ccc21. The molecule has 0 saturated heterocycles. The first kappa shape index (κ1) is 22.7. The van der Waals surface area contributed by atoms with Crippen LogP contribution >= 0.6 is 0 Å². The quantitative estimate of drug-likeness (QED) is 0.190. The van der Waals surface area contributed by atoms with Gasteiger partial charge in [0.25, 0.3) is 5.97 Å². The lowest BCUT2D eigenvalue weighted by atomic mass is 9.97. The number of hydrogen-bond donors (Lipinski definition) is 2. The van der Waals surface area contributed by atoms with Crippen molar-refractivity contribution >= 4 is 39.3 Å². The Morgan fingerprint density at radius 1 is 0.906 bits per heavy atom. The lowest BCUT2D eigenvalue weighted by molar-refractivity contribution is -0.134. The van der Waals surface area contributed by atoms with E-state index in [4.69, 9.17) is 15.1 Å². The van der Waals surface area contributed by atoms with Crippen molar-refractivity contribution in [1.29, 1.82) is 0 Å². The fourth-order valence-electron chi connectivity index (χ4n) is 3.85. The van der Waals surface area contributed by atoms with Crippen LogP contribution in [0.3, 0.4) is 0 Å². The Bertz CT molecular complexity index is 1340. The van der Waals surface area contributed by atoms with Gasteiger partial charge in [-0.05, 0) is 62.2 Å². The number of oxime groups is 1. The molecule has 6 nitrogen and oxygen atoms in total. The number of rotatable bonds is 4. The lowest BCUT2D eigenvalue weighted by Gasteiger charge is -2.06. The molecule has 0 radical (unpaired) electrons. The second-order valence-corrected chi connectivity index (χ2v) is 7.56. The molecule has 0 amide bonds. The predicted octanol–water partition coefficient (Wildman–Crippen LogP) is 5.64. The predicted molar refractivity (Wildman–Crippen MR) is 127 cm³/mol. The van der Waals surface area contributed by atoms with E-state index in [0.717, 1.165) is 52.0 Å². The molecule has 32 heavy (non-hydrogen) atoms. The number of aryl methyl sites for hydroxylation is 2. The van der Waals surface area contributed by atoms with Gasteiger partial charge >= 0.3 is 0 Å². The Labute approximate surface area is 186 Å². The largest absolute Gasteiger partial charge is 0.481 e. The fraction of sp³-hybridized carbons (Fsp3) is 0.192. The summed E-state index contributed by atoms with van der Waals surface area (Å²) in [5.41, 5.74) is 6.00. The van der Waals surface area contributed by atoms with Gasteiger partial charge in [0, 0.05) is 46.4 Å². The van der Waals surface area contributed by atoms with Crippen LogP contribution in [-0.4, -0.2) is 32.3 Å². The average molecular weight is 431 g/mol. The second-order valence-electron chi connectivity index (χ2n) is 7.56. The van der Waals surface area contributed by atoms with Gasteiger partial charge in [-0.25, -0.2) is 0 Å². The van der Waals surface area contributed by atoms with Crippen LogP contribution in [0.25, 0.3) is 21.8 Å². The molecule has 0 bridgehead atoms. The number of carbonyl (C=O) groups excluding carboxylic acids is 1. The number of nitrogens with zero attached hydrogens (tertiary/aromatic N) is 2. The summed E-state index contributed by atoms with van der Waals surface area (Å²) in [4.78, 5) is 22.1. The van der Waals surface area contributed by atoms with E-state index in [1.54, 1.807) is 6.92 Å². The Hall–Kier alpha value is -3.93. The molecule has 0 fully saturated rings. The minimum Gasteiger partial charge on any atom is -0.481 e. The first-order valence-electron chi connectivity index (χ1n) is 10.3. The molecule has 0 aliphatic carbocycles. The number of carboxylic acid groups (broad SMARTS) is 1. The zero-order valence-electron chi connectivity index (χ0n) is 18.6. The molecule has 1 heterocycles. The van der Waals surface area contributed by atoms with Crippen molar-refractivity contribution in [3.8, 4) is 0 Å². The molecule has 0 atom stereocenters. The van der Waals surface area contributed by atoms with E-state index in [1.807, 2.05) is 67.6 Å². The Kier molecular flexibility index (Phi) is 6.73. The number of carbonyl (C=O) groups is 2. The van der Waals surface area contributed by atoms with Crippen molar-refractivity contribution in [2.45, 2.75) is 34.2 Å². The standard InChI is InChI=1S/C24H22N2O2.C2H4O2/c1-4-26-22-11-9-17(16(3)25-28)13-20(22)21-14-18(10-12-23(21)26)24(27)19-8-6-5-7-15(19)2;1-2(3)4/h5-14,28H,4H2,1-3H3;1H3,(H,3,4)/b25-16+;. The van der Waals surface area contributed by atoms with Gasteiger partial charge < -0.3 is 14.9 Å². The number of aliphatic carboxylic acids is 1. The maximum Gasteiger partial charge on any atom is 0.300 e. The van der Waals surface area contributed by atoms with E-state index in [0.29, 0.717) is 11.3 Å². The van der Waals surface area contributed by atoms with Gasteiger partial charge in [0.05, 0.1) is 5.71 Å². The van der Waals surface area contributed by atoms with Gasteiger partial charge in [0.2, 0.25) is 0 Å². The summed E-state index contributed by atoms with van der Waals surface area (Å²) >= 11 is 0. The van der Waals surface area contributed by atoms with E-state index in [-0.39, 0.29) is 5.78 Å². The topological polar surface area (TPSA) is 91.9 Å². The molecule has 0 aliphatic heterocycles. The fourth-order valence-corrected chi connectivity index (χ4v) is 3.85. The molecule has 0 aliphatic rings. The average Bonchev–Trinajstić information content (AvgIpc) is 3.10. The summed E-state index contributed by atoms with van der Waals surface area (Å²) in [5, 5.41) is 22.0. The zero-order chi connectivity index (χ0) is 23.4. The minimum atomic E-state index is -0.833. The molecule has 2 N–H and O–H groups in total.